The summed E-state index contributed by atoms with van der Waals surface area (Å²) in [5.41, 5.74) is 1.58. The number of rotatable bonds is 4. The summed E-state index contributed by atoms with van der Waals surface area (Å²) >= 11 is 6.25. The van der Waals surface area contributed by atoms with Gasteiger partial charge in [0.1, 0.15) is 0 Å². The van der Waals surface area contributed by atoms with Gasteiger partial charge in [0.25, 0.3) is 5.91 Å². The third-order valence-corrected chi connectivity index (χ3v) is 5.06. The Bertz CT molecular complexity index is 876. The highest BCUT2D eigenvalue weighted by Crippen LogP contribution is 2.35. The van der Waals surface area contributed by atoms with Crippen LogP contribution in [0.15, 0.2) is 53.5 Å². The lowest BCUT2D eigenvalue weighted by Crippen LogP contribution is -2.45. The topological polar surface area (TPSA) is 49.7 Å². The largest absolute Gasteiger partial charge is 0.293 e. The van der Waals surface area contributed by atoms with Gasteiger partial charge in [-0.2, -0.15) is 0 Å². The second-order valence-electron chi connectivity index (χ2n) is 6.78. The third-order valence-electron chi connectivity index (χ3n) is 4.74. The highest BCUT2D eigenvalue weighted by atomic mass is 35.5. The maximum atomic E-state index is 13.2. The molecule has 1 aliphatic heterocycles. The van der Waals surface area contributed by atoms with E-state index in [-0.39, 0.29) is 17.9 Å². The summed E-state index contributed by atoms with van der Waals surface area (Å²) in [6, 6.07) is 14.1. The molecule has 2 aromatic carbocycles. The monoisotopic (exact) mass is 368 g/mol. The molecule has 26 heavy (non-hydrogen) atoms. The maximum absolute atomic E-state index is 13.2. The second-order valence-corrected chi connectivity index (χ2v) is 7.19. The van der Waals surface area contributed by atoms with E-state index in [2.05, 4.69) is 18.8 Å². The number of hydrogen-bond acceptors (Lipinski definition) is 3. The van der Waals surface area contributed by atoms with Crippen LogP contribution < -0.4 is 4.90 Å². The molecular formula is C21H21ClN2O2. The van der Waals surface area contributed by atoms with Crippen LogP contribution in [0.3, 0.4) is 0 Å². The first-order valence-electron chi connectivity index (χ1n) is 8.67. The van der Waals surface area contributed by atoms with Gasteiger partial charge >= 0.3 is 0 Å². The molecule has 1 unspecified atom stereocenters. The van der Waals surface area contributed by atoms with E-state index < -0.39 is 5.92 Å². The number of nitrogens with zero attached hydrogens (tertiary/aromatic N) is 2. The molecule has 0 N–H and O–H groups in total. The summed E-state index contributed by atoms with van der Waals surface area (Å²) in [6.45, 7) is 6.17. The van der Waals surface area contributed by atoms with Crippen LogP contribution in [0.4, 0.5) is 5.69 Å². The Kier molecular flexibility index (Phi) is 5.23. The zero-order valence-corrected chi connectivity index (χ0v) is 15.8. The molecule has 134 valence electrons. The molecule has 0 saturated carbocycles. The number of hydrogen-bond donors (Lipinski definition) is 0. The summed E-state index contributed by atoms with van der Waals surface area (Å²) in [7, 11) is 0. The SMILES string of the molecule is CC(C)[C@H](C)N=CC1C(=O)N(c2ccccc2Cl)C(=O)c2ccccc21. The second kappa shape index (κ2) is 7.42. The predicted octanol–water partition coefficient (Wildman–Crippen LogP) is 4.73. The number of anilines is 1. The van der Waals surface area contributed by atoms with Gasteiger partial charge in [-0.05, 0) is 36.6 Å². The Labute approximate surface area is 158 Å². The zero-order valence-electron chi connectivity index (χ0n) is 15.0. The van der Waals surface area contributed by atoms with Crippen molar-refractivity contribution < 1.29 is 9.59 Å². The van der Waals surface area contributed by atoms with Gasteiger partial charge in [0.15, 0.2) is 0 Å². The van der Waals surface area contributed by atoms with E-state index in [0.717, 1.165) is 0 Å². The van der Waals surface area contributed by atoms with Crippen molar-refractivity contribution in [2.75, 3.05) is 4.90 Å². The lowest BCUT2D eigenvalue weighted by Gasteiger charge is -2.31. The molecule has 3 rings (SSSR count). The standard InChI is InChI=1S/C21H21ClN2O2/c1-13(2)14(3)23-12-17-15-8-4-5-9-16(15)20(25)24(21(17)26)19-11-7-6-10-18(19)22/h4-14,17H,1-3H3/t14-,17?/m0/s1. The van der Waals surface area contributed by atoms with Gasteiger partial charge < -0.3 is 0 Å². The molecule has 0 radical (unpaired) electrons. The van der Waals surface area contributed by atoms with Crippen molar-refractivity contribution in [2.24, 2.45) is 10.9 Å². The summed E-state index contributed by atoms with van der Waals surface area (Å²) in [5.74, 6) is -0.940. The Balaban J connectivity index is 2.10. The molecule has 0 spiro atoms. The van der Waals surface area contributed by atoms with Crippen LogP contribution in [0, 0.1) is 5.92 Å². The molecule has 0 aliphatic carbocycles. The minimum atomic E-state index is -0.610. The molecule has 0 bridgehead atoms. The van der Waals surface area contributed by atoms with Crippen molar-refractivity contribution in [2.45, 2.75) is 32.7 Å². The lowest BCUT2D eigenvalue weighted by atomic mass is 9.88. The average molecular weight is 369 g/mol. The van der Waals surface area contributed by atoms with E-state index >= 15 is 0 Å². The molecular weight excluding hydrogens is 348 g/mol. The quantitative estimate of drug-likeness (QED) is 0.578. The number of aliphatic imine (C=N–C) groups is 1. The van der Waals surface area contributed by atoms with E-state index in [1.807, 2.05) is 19.1 Å². The fourth-order valence-electron chi connectivity index (χ4n) is 2.85. The molecule has 1 aliphatic rings. The van der Waals surface area contributed by atoms with Crippen LogP contribution in [0.5, 0.6) is 0 Å². The van der Waals surface area contributed by atoms with Gasteiger partial charge in [0, 0.05) is 17.8 Å². The Hall–Kier alpha value is -2.46. The Morgan fingerprint density at radius 1 is 1.04 bits per heavy atom. The van der Waals surface area contributed by atoms with Crippen LogP contribution in [0.1, 0.15) is 42.6 Å². The van der Waals surface area contributed by atoms with Crippen molar-refractivity contribution >= 4 is 35.3 Å². The average Bonchev–Trinajstić information content (AvgIpc) is 2.63. The van der Waals surface area contributed by atoms with Gasteiger partial charge in [-0.25, -0.2) is 4.90 Å². The summed E-state index contributed by atoms with van der Waals surface area (Å²) in [6.07, 6.45) is 1.67. The molecule has 2 amide bonds. The van der Waals surface area contributed by atoms with Crippen molar-refractivity contribution in [3.63, 3.8) is 0 Å². The van der Waals surface area contributed by atoms with E-state index in [1.54, 1.807) is 42.6 Å². The molecule has 0 aromatic heterocycles. The molecule has 2 aromatic rings. The first-order valence-corrected chi connectivity index (χ1v) is 9.04. The van der Waals surface area contributed by atoms with Gasteiger partial charge in [-0.1, -0.05) is 55.8 Å². The van der Waals surface area contributed by atoms with E-state index in [1.165, 1.54) is 4.90 Å². The Morgan fingerprint density at radius 2 is 1.69 bits per heavy atom. The first kappa shape index (κ1) is 18.3. The van der Waals surface area contributed by atoms with Crippen LogP contribution in [-0.4, -0.2) is 24.1 Å². The minimum absolute atomic E-state index is 0.0846. The van der Waals surface area contributed by atoms with Gasteiger partial charge in [-0.15, -0.1) is 0 Å². The molecule has 5 heteroatoms. The van der Waals surface area contributed by atoms with E-state index in [0.29, 0.717) is 27.8 Å². The normalized spacial score (nSPS) is 18.5. The van der Waals surface area contributed by atoms with Crippen LogP contribution in [0.25, 0.3) is 0 Å². The zero-order chi connectivity index (χ0) is 18.8. The van der Waals surface area contributed by atoms with Gasteiger partial charge in [0.05, 0.1) is 16.6 Å². The number of amides is 2. The van der Waals surface area contributed by atoms with Gasteiger partial charge in [-0.3, -0.25) is 14.6 Å². The van der Waals surface area contributed by atoms with Crippen LogP contribution >= 0.6 is 11.6 Å². The summed E-state index contributed by atoms with van der Waals surface area (Å²) < 4.78 is 0. The van der Waals surface area contributed by atoms with Crippen LogP contribution in [0.2, 0.25) is 5.02 Å². The third kappa shape index (κ3) is 3.29. The molecule has 0 saturated heterocycles. The number of benzene rings is 2. The predicted molar refractivity (Wildman–Crippen MR) is 105 cm³/mol. The number of carbonyl (C=O) groups is 2. The summed E-state index contributed by atoms with van der Waals surface area (Å²) in [4.78, 5) is 31.9. The maximum Gasteiger partial charge on any atom is 0.265 e. The fraction of sp³-hybridized carbons (Fsp3) is 0.286. The van der Waals surface area contributed by atoms with Gasteiger partial charge in [0.2, 0.25) is 5.91 Å². The van der Waals surface area contributed by atoms with E-state index in [9.17, 15) is 9.59 Å². The summed E-state index contributed by atoms with van der Waals surface area (Å²) in [5, 5.41) is 0.361. The van der Waals surface area contributed by atoms with Crippen LogP contribution in [-0.2, 0) is 4.79 Å². The Morgan fingerprint density at radius 3 is 2.38 bits per heavy atom. The first-order chi connectivity index (χ1) is 12.4. The molecule has 2 atom stereocenters. The lowest BCUT2D eigenvalue weighted by molar-refractivity contribution is -0.118. The fourth-order valence-corrected chi connectivity index (χ4v) is 3.08. The molecule has 0 fully saturated rings. The highest BCUT2D eigenvalue weighted by Gasteiger charge is 2.39. The number of fused-ring (bicyclic) bond motifs is 1. The number of carbonyl (C=O) groups excluding carboxylic acids is 2. The van der Waals surface area contributed by atoms with Crippen molar-refractivity contribution in [1.82, 2.24) is 0 Å². The number of para-hydroxylation sites is 1. The van der Waals surface area contributed by atoms with Crippen molar-refractivity contribution in [1.29, 1.82) is 0 Å². The van der Waals surface area contributed by atoms with Crippen molar-refractivity contribution in [3.8, 4) is 0 Å². The highest BCUT2D eigenvalue weighted by molar-refractivity contribution is 6.37. The van der Waals surface area contributed by atoms with Crippen molar-refractivity contribution in [3.05, 3.63) is 64.7 Å². The smallest absolute Gasteiger partial charge is 0.265 e. The number of halogens is 1. The van der Waals surface area contributed by atoms with E-state index in [4.69, 9.17) is 11.6 Å². The molecule has 4 nitrogen and oxygen atoms in total. The minimum Gasteiger partial charge on any atom is -0.293 e. The number of imide groups is 1. The molecule has 1 heterocycles.